The Morgan fingerprint density at radius 1 is 1.19 bits per heavy atom. The highest BCUT2D eigenvalue weighted by Gasteiger charge is 2.14. The number of pyridine rings is 1. The van der Waals surface area contributed by atoms with E-state index in [4.69, 9.17) is 11.6 Å². The molecule has 0 saturated carbocycles. The Balaban J connectivity index is 1.83. The fraction of sp³-hybridized carbons (Fsp3) is 0.529. The minimum atomic E-state index is 0.157. The molecule has 0 saturated heterocycles. The van der Waals surface area contributed by atoms with Crippen LogP contribution in [0.5, 0.6) is 0 Å². The second-order valence-corrected chi connectivity index (χ2v) is 5.92. The first-order valence-electron chi connectivity index (χ1n) is 7.88. The number of aromatic amines is 1. The summed E-state index contributed by atoms with van der Waals surface area (Å²) in [4.78, 5) is 19.5. The van der Waals surface area contributed by atoms with E-state index in [0.29, 0.717) is 22.7 Å². The van der Waals surface area contributed by atoms with Gasteiger partial charge in [-0.2, -0.15) is 0 Å². The normalized spacial score (nSPS) is 11.1. The second-order valence-electron chi connectivity index (χ2n) is 5.51. The molecule has 0 amide bonds. The van der Waals surface area contributed by atoms with Gasteiger partial charge in [0.05, 0.1) is 5.02 Å². The molecule has 0 spiro atoms. The third-order valence-electron chi connectivity index (χ3n) is 3.83. The van der Waals surface area contributed by atoms with E-state index in [1.807, 2.05) is 0 Å². The summed E-state index contributed by atoms with van der Waals surface area (Å²) in [5.74, 6) is 0.157. The lowest BCUT2D eigenvalue weighted by Gasteiger charge is -2.02. The number of unbranched alkanes of at least 4 members (excludes halogenated alkanes) is 6. The first kappa shape index (κ1) is 16.0. The van der Waals surface area contributed by atoms with E-state index in [0.717, 1.165) is 18.2 Å². The number of fused-ring (bicyclic) bond motifs is 1. The van der Waals surface area contributed by atoms with Crippen LogP contribution in [-0.4, -0.2) is 15.8 Å². The van der Waals surface area contributed by atoms with Crippen LogP contribution in [-0.2, 0) is 0 Å². The highest BCUT2D eigenvalue weighted by Crippen LogP contribution is 2.26. The van der Waals surface area contributed by atoms with Gasteiger partial charge in [-0.3, -0.25) is 4.79 Å². The number of ketones is 1. The SMILES string of the molecule is CCCCCCCCCC(=O)c1c[nH]c2nccc(Cl)c12. The van der Waals surface area contributed by atoms with Gasteiger partial charge >= 0.3 is 0 Å². The minimum Gasteiger partial charge on any atom is -0.345 e. The number of halogens is 1. The van der Waals surface area contributed by atoms with Crippen molar-refractivity contribution in [3.8, 4) is 0 Å². The molecular formula is C17H23ClN2O. The van der Waals surface area contributed by atoms with Gasteiger partial charge in [0.15, 0.2) is 5.78 Å². The third kappa shape index (κ3) is 4.31. The van der Waals surface area contributed by atoms with E-state index in [2.05, 4.69) is 16.9 Å². The number of carbonyl (C=O) groups is 1. The zero-order valence-electron chi connectivity index (χ0n) is 12.6. The first-order chi connectivity index (χ1) is 10.2. The molecule has 1 N–H and O–H groups in total. The van der Waals surface area contributed by atoms with Crippen molar-refractivity contribution in [1.82, 2.24) is 9.97 Å². The van der Waals surface area contributed by atoms with Gasteiger partial charge in [0, 0.05) is 29.8 Å². The van der Waals surface area contributed by atoms with Crippen molar-refractivity contribution < 1.29 is 4.79 Å². The first-order valence-corrected chi connectivity index (χ1v) is 8.26. The van der Waals surface area contributed by atoms with E-state index in [9.17, 15) is 4.79 Å². The van der Waals surface area contributed by atoms with Crippen LogP contribution < -0.4 is 0 Å². The van der Waals surface area contributed by atoms with Crippen LogP contribution in [0.3, 0.4) is 0 Å². The fourth-order valence-corrected chi connectivity index (χ4v) is 2.86. The highest BCUT2D eigenvalue weighted by atomic mass is 35.5. The topological polar surface area (TPSA) is 45.8 Å². The standard InChI is InChI=1S/C17H23ClN2O/c1-2-3-4-5-6-7-8-9-15(21)13-12-20-17-16(13)14(18)10-11-19-17/h10-12H,2-9H2,1H3,(H,19,20). The molecule has 0 aliphatic rings. The predicted octanol–water partition coefficient (Wildman–Crippen LogP) is 5.54. The van der Waals surface area contributed by atoms with Crippen molar-refractivity contribution in [2.24, 2.45) is 0 Å². The summed E-state index contributed by atoms with van der Waals surface area (Å²) in [6.07, 6.45) is 12.5. The Labute approximate surface area is 131 Å². The van der Waals surface area contributed by atoms with E-state index >= 15 is 0 Å². The maximum atomic E-state index is 12.3. The number of hydrogen-bond acceptors (Lipinski definition) is 2. The number of Topliss-reactive ketones (excluding diaryl/α,β-unsaturated/α-hetero) is 1. The zero-order chi connectivity index (χ0) is 15.1. The van der Waals surface area contributed by atoms with E-state index in [1.165, 1.54) is 32.1 Å². The largest absolute Gasteiger partial charge is 0.345 e. The smallest absolute Gasteiger partial charge is 0.165 e. The van der Waals surface area contributed by atoms with Gasteiger partial charge in [0.1, 0.15) is 5.65 Å². The van der Waals surface area contributed by atoms with Crippen LogP contribution in [0.2, 0.25) is 5.02 Å². The van der Waals surface area contributed by atoms with Gasteiger partial charge in [-0.15, -0.1) is 0 Å². The molecule has 0 bridgehead atoms. The molecule has 2 aromatic rings. The molecule has 0 radical (unpaired) electrons. The molecule has 4 heteroatoms. The second kappa shape index (κ2) is 8.18. The number of carbonyl (C=O) groups excluding carboxylic acids is 1. The maximum Gasteiger partial charge on any atom is 0.165 e. The number of nitrogens with one attached hydrogen (secondary N) is 1. The predicted molar refractivity (Wildman–Crippen MR) is 88.0 cm³/mol. The Bertz CT molecular complexity index is 591. The number of H-pyrrole nitrogens is 1. The molecule has 0 atom stereocenters. The van der Waals surface area contributed by atoms with Crippen LogP contribution in [0.25, 0.3) is 11.0 Å². The molecule has 0 aromatic carbocycles. The van der Waals surface area contributed by atoms with Crippen LogP contribution in [0.15, 0.2) is 18.5 Å². The van der Waals surface area contributed by atoms with Crippen molar-refractivity contribution in [3.63, 3.8) is 0 Å². The molecule has 0 unspecified atom stereocenters. The zero-order valence-corrected chi connectivity index (χ0v) is 13.4. The molecular weight excluding hydrogens is 284 g/mol. The average molecular weight is 307 g/mol. The Hall–Kier alpha value is -1.35. The lowest BCUT2D eigenvalue weighted by atomic mass is 10.0. The van der Waals surface area contributed by atoms with Crippen molar-refractivity contribution in [2.75, 3.05) is 0 Å². The Morgan fingerprint density at radius 2 is 1.90 bits per heavy atom. The minimum absolute atomic E-state index is 0.157. The molecule has 0 fully saturated rings. The number of rotatable bonds is 9. The van der Waals surface area contributed by atoms with E-state index in [-0.39, 0.29) is 5.78 Å². The highest BCUT2D eigenvalue weighted by molar-refractivity contribution is 6.36. The van der Waals surface area contributed by atoms with Crippen LogP contribution in [0.1, 0.15) is 68.6 Å². The molecule has 21 heavy (non-hydrogen) atoms. The van der Waals surface area contributed by atoms with E-state index in [1.54, 1.807) is 18.5 Å². The summed E-state index contributed by atoms with van der Waals surface area (Å²) in [6, 6.07) is 1.72. The monoisotopic (exact) mass is 306 g/mol. The van der Waals surface area contributed by atoms with Gasteiger partial charge in [-0.1, -0.05) is 57.0 Å². The molecule has 2 heterocycles. The lowest BCUT2D eigenvalue weighted by molar-refractivity contribution is 0.0980. The molecule has 3 nitrogen and oxygen atoms in total. The summed E-state index contributed by atoms with van der Waals surface area (Å²) < 4.78 is 0. The lowest BCUT2D eigenvalue weighted by Crippen LogP contribution is -1.98. The molecule has 114 valence electrons. The summed E-state index contributed by atoms with van der Waals surface area (Å²) in [5.41, 5.74) is 1.36. The third-order valence-corrected chi connectivity index (χ3v) is 4.15. The molecule has 2 aromatic heterocycles. The number of hydrogen-bond donors (Lipinski definition) is 1. The maximum absolute atomic E-state index is 12.3. The Morgan fingerprint density at radius 3 is 2.67 bits per heavy atom. The summed E-state index contributed by atoms with van der Waals surface area (Å²) in [5, 5.41) is 1.34. The van der Waals surface area contributed by atoms with Crippen LogP contribution >= 0.6 is 11.6 Å². The van der Waals surface area contributed by atoms with Crippen molar-refractivity contribution in [1.29, 1.82) is 0 Å². The summed E-state index contributed by atoms with van der Waals surface area (Å²) in [7, 11) is 0. The fourth-order valence-electron chi connectivity index (χ4n) is 2.61. The van der Waals surface area contributed by atoms with Gasteiger partial charge in [-0.05, 0) is 12.5 Å². The molecule has 0 aliphatic carbocycles. The number of aromatic nitrogens is 2. The van der Waals surface area contributed by atoms with Crippen LogP contribution in [0, 0.1) is 0 Å². The summed E-state index contributed by atoms with van der Waals surface area (Å²) in [6.45, 7) is 2.22. The van der Waals surface area contributed by atoms with Crippen molar-refractivity contribution >= 4 is 28.4 Å². The quantitative estimate of drug-likeness (QED) is 0.488. The van der Waals surface area contributed by atoms with Gasteiger partial charge in [0.2, 0.25) is 0 Å². The average Bonchev–Trinajstić information content (AvgIpc) is 2.91. The van der Waals surface area contributed by atoms with Gasteiger partial charge in [-0.25, -0.2) is 4.98 Å². The number of nitrogens with zero attached hydrogens (tertiary/aromatic N) is 1. The van der Waals surface area contributed by atoms with Crippen molar-refractivity contribution in [3.05, 3.63) is 29.0 Å². The molecule has 0 aliphatic heterocycles. The van der Waals surface area contributed by atoms with Crippen LogP contribution in [0.4, 0.5) is 0 Å². The van der Waals surface area contributed by atoms with Gasteiger partial charge < -0.3 is 4.98 Å². The van der Waals surface area contributed by atoms with Crippen molar-refractivity contribution in [2.45, 2.75) is 58.3 Å². The van der Waals surface area contributed by atoms with Gasteiger partial charge in [0.25, 0.3) is 0 Å². The Kier molecular flexibility index (Phi) is 6.24. The van der Waals surface area contributed by atoms with E-state index < -0.39 is 0 Å². The molecule has 2 rings (SSSR count). The summed E-state index contributed by atoms with van der Waals surface area (Å²) >= 11 is 6.17.